The number of hydrogen-bond donors (Lipinski definition) is 0. The van der Waals surface area contributed by atoms with Gasteiger partial charge in [-0.2, -0.15) is 4.57 Å². The van der Waals surface area contributed by atoms with Gasteiger partial charge in [-0.25, -0.2) is 9.13 Å². The van der Waals surface area contributed by atoms with Crippen LogP contribution in [0.25, 0.3) is 27.8 Å². The predicted octanol–water partition coefficient (Wildman–Crippen LogP) is 6.03. The minimum absolute atomic E-state index is 1.22. The largest absolute Gasteiger partial charge is 0.369 e. The molecule has 0 amide bonds. The van der Waals surface area contributed by atoms with Crippen molar-refractivity contribution in [2.45, 2.75) is 69.2 Å². The topological polar surface area (TPSA) is 13.7 Å². The van der Waals surface area contributed by atoms with Crippen LogP contribution in [0.15, 0.2) is 0 Å². The number of nitrogens with zero attached hydrogens (tertiary/aromatic N) is 3. The highest BCUT2D eigenvalue weighted by Crippen LogP contribution is 2.43. The first-order valence-electron chi connectivity index (χ1n) is 11.0. The van der Waals surface area contributed by atoms with Crippen LogP contribution in [0.3, 0.4) is 0 Å². The van der Waals surface area contributed by atoms with Crippen LogP contribution in [0.5, 0.6) is 0 Å². The Balaban J connectivity index is 2.49. The van der Waals surface area contributed by atoms with E-state index in [0.29, 0.717) is 0 Å². The molecule has 0 fully saturated rings. The van der Waals surface area contributed by atoms with Crippen LogP contribution < -0.4 is 4.57 Å². The maximum atomic E-state index is 2.55. The average Bonchev–Trinajstić information content (AvgIpc) is 3.16. The van der Waals surface area contributed by atoms with Crippen molar-refractivity contribution < 1.29 is 4.57 Å². The van der Waals surface area contributed by atoms with Crippen LogP contribution in [0, 0.1) is 69.2 Å². The SMILES string of the molecule is Cc1c(C)c(C)c2c(c1C)c1c(C)c(C)c(C)c(C)c1n2-c1n(C)c(C)c(C)[n+]1C. The van der Waals surface area contributed by atoms with Gasteiger partial charge in [0.2, 0.25) is 0 Å². The second-order valence-electron chi connectivity index (χ2n) is 9.37. The summed E-state index contributed by atoms with van der Waals surface area (Å²) in [5.41, 5.74) is 16.5. The summed E-state index contributed by atoms with van der Waals surface area (Å²) >= 11 is 0. The monoisotopic (exact) mass is 402 g/mol. The third kappa shape index (κ3) is 2.29. The molecule has 2 heterocycles. The molecule has 0 aliphatic carbocycles. The highest BCUT2D eigenvalue weighted by Gasteiger charge is 2.31. The van der Waals surface area contributed by atoms with Gasteiger partial charge in [-0.05, 0) is 114 Å². The van der Waals surface area contributed by atoms with E-state index in [1.807, 2.05) is 0 Å². The molecule has 0 aliphatic heterocycles. The van der Waals surface area contributed by atoms with Crippen LogP contribution >= 0.6 is 0 Å². The summed E-state index contributed by atoms with van der Waals surface area (Å²) in [6.45, 7) is 22.7. The number of aryl methyl sites for hydroxylation is 4. The van der Waals surface area contributed by atoms with Crippen molar-refractivity contribution in [3.8, 4) is 5.95 Å². The molecule has 3 nitrogen and oxygen atoms in total. The zero-order valence-electron chi connectivity index (χ0n) is 20.8. The Labute approximate surface area is 180 Å². The quantitative estimate of drug-likeness (QED) is 0.345. The van der Waals surface area contributed by atoms with Crippen LogP contribution in [0.1, 0.15) is 55.9 Å². The number of fused-ring (bicyclic) bond motifs is 3. The summed E-state index contributed by atoms with van der Waals surface area (Å²) < 4.78 is 7.25. The van der Waals surface area contributed by atoms with Gasteiger partial charge < -0.3 is 0 Å². The fourth-order valence-corrected chi connectivity index (χ4v) is 5.38. The highest BCUT2D eigenvalue weighted by atomic mass is 15.3. The minimum atomic E-state index is 1.22. The molecule has 0 radical (unpaired) electrons. The number of hydrogen-bond acceptors (Lipinski definition) is 0. The van der Waals surface area contributed by atoms with Crippen molar-refractivity contribution in [3.63, 3.8) is 0 Å². The number of imidazole rings is 1. The third-order valence-electron chi connectivity index (χ3n) is 8.34. The lowest BCUT2D eigenvalue weighted by Gasteiger charge is -2.12. The zero-order chi connectivity index (χ0) is 22.4. The standard InChI is InChI=1S/C27H36N3/c1-13-15(3)19(7)25-23(17(13)5)24-18(6)14(2)16(4)20(8)26(24)30(25)27-28(11)21(9)22(10)29(27)12/h1-12H3/q+1. The van der Waals surface area contributed by atoms with Crippen molar-refractivity contribution in [1.29, 1.82) is 0 Å². The summed E-state index contributed by atoms with van der Waals surface area (Å²) in [5, 5.41) is 2.84. The Kier molecular flexibility index (Phi) is 4.47. The first-order valence-corrected chi connectivity index (χ1v) is 11.0. The van der Waals surface area contributed by atoms with E-state index in [9.17, 15) is 0 Å². The maximum Gasteiger partial charge on any atom is 0.369 e. The van der Waals surface area contributed by atoms with E-state index in [-0.39, 0.29) is 0 Å². The van der Waals surface area contributed by atoms with Crippen molar-refractivity contribution in [1.82, 2.24) is 9.13 Å². The van der Waals surface area contributed by atoms with E-state index in [1.54, 1.807) is 0 Å². The molecule has 0 N–H and O–H groups in total. The molecule has 2 aromatic heterocycles. The molecule has 0 saturated heterocycles. The lowest BCUT2D eigenvalue weighted by molar-refractivity contribution is -0.670. The van der Waals surface area contributed by atoms with Crippen LogP contribution in [-0.4, -0.2) is 9.13 Å². The second-order valence-corrected chi connectivity index (χ2v) is 9.37. The molecule has 4 aromatic rings. The first kappa shape index (κ1) is 20.7. The van der Waals surface area contributed by atoms with E-state index >= 15 is 0 Å². The summed E-state index contributed by atoms with van der Waals surface area (Å²) in [4.78, 5) is 0. The smallest absolute Gasteiger partial charge is 0.235 e. The maximum absolute atomic E-state index is 2.55. The Morgan fingerprint density at radius 1 is 0.533 bits per heavy atom. The Morgan fingerprint density at radius 2 is 0.900 bits per heavy atom. The van der Waals surface area contributed by atoms with Gasteiger partial charge in [0.1, 0.15) is 22.4 Å². The summed E-state index contributed by atoms with van der Waals surface area (Å²) in [6.07, 6.45) is 0. The van der Waals surface area contributed by atoms with E-state index in [0.717, 1.165) is 0 Å². The van der Waals surface area contributed by atoms with Gasteiger partial charge in [0.05, 0.1) is 14.1 Å². The van der Waals surface area contributed by atoms with Gasteiger partial charge in [-0.3, -0.25) is 0 Å². The molecule has 4 rings (SSSR count). The summed E-state index contributed by atoms with van der Waals surface area (Å²) in [6, 6.07) is 0. The first-order chi connectivity index (χ1) is 13.9. The molecule has 0 saturated carbocycles. The van der Waals surface area contributed by atoms with Crippen molar-refractivity contribution in [2.24, 2.45) is 14.1 Å². The van der Waals surface area contributed by atoms with E-state index < -0.39 is 0 Å². The Bertz CT molecular complexity index is 1290. The number of benzene rings is 2. The summed E-state index contributed by atoms with van der Waals surface area (Å²) in [5.74, 6) is 1.22. The normalized spacial score (nSPS) is 12.0. The Hall–Kier alpha value is -2.55. The Morgan fingerprint density at radius 3 is 1.23 bits per heavy atom. The average molecular weight is 403 g/mol. The molecule has 3 heteroatoms. The van der Waals surface area contributed by atoms with Crippen LogP contribution in [-0.2, 0) is 14.1 Å². The molecule has 2 aromatic carbocycles. The number of rotatable bonds is 1. The molecular weight excluding hydrogens is 366 g/mol. The van der Waals surface area contributed by atoms with Gasteiger partial charge in [-0.1, -0.05) is 0 Å². The molecule has 0 aliphatic rings. The molecule has 158 valence electrons. The van der Waals surface area contributed by atoms with E-state index in [4.69, 9.17) is 0 Å². The zero-order valence-corrected chi connectivity index (χ0v) is 20.8. The highest BCUT2D eigenvalue weighted by molar-refractivity contribution is 6.15. The summed E-state index contributed by atoms with van der Waals surface area (Å²) in [7, 11) is 4.39. The van der Waals surface area contributed by atoms with Gasteiger partial charge in [0, 0.05) is 10.8 Å². The van der Waals surface area contributed by atoms with Crippen molar-refractivity contribution >= 4 is 21.8 Å². The predicted molar refractivity (Wildman–Crippen MR) is 128 cm³/mol. The van der Waals surface area contributed by atoms with Crippen LogP contribution in [0.4, 0.5) is 0 Å². The third-order valence-corrected chi connectivity index (χ3v) is 8.34. The van der Waals surface area contributed by atoms with Crippen LogP contribution in [0.2, 0.25) is 0 Å². The minimum Gasteiger partial charge on any atom is -0.235 e. The van der Waals surface area contributed by atoms with Gasteiger partial charge in [0.15, 0.2) is 0 Å². The molecule has 0 bridgehead atoms. The molecular formula is C27H36N3+. The van der Waals surface area contributed by atoms with Crippen molar-refractivity contribution in [3.05, 3.63) is 55.9 Å². The fraction of sp³-hybridized carbons (Fsp3) is 0.444. The number of aromatic nitrogens is 3. The van der Waals surface area contributed by atoms with E-state index in [2.05, 4.69) is 97.0 Å². The lowest BCUT2D eigenvalue weighted by Crippen LogP contribution is -2.35. The van der Waals surface area contributed by atoms with Gasteiger partial charge in [-0.15, -0.1) is 0 Å². The molecule has 0 unspecified atom stereocenters. The lowest BCUT2D eigenvalue weighted by atomic mass is 9.90. The molecule has 0 spiro atoms. The van der Waals surface area contributed by atoms with E-state index in [1.165, 1.54) is 83.6 Å². The second kappa shape index (κ2) is 6.47. The fourth-order valence-electron chi connectivity index (χ4n) is 5.38. The van der Waals surface area contributed by atoms with Crippen molar-refractivity contribution in [2.75, 3.05) is 0 Å². The molecule has 30 heavy (non-hydrogen) atoms. The van der Waals surface area contributed by atoms with Gasteiger partial charge >= 0.3 is 5.95 Å². The molecule has 0 atom stereocenters. The van der Waals surface area contributed by atoms with Gasteiger partial charge in [0.25, 0.3) is 0 Å².